The molecule has 1 fully saturated rings. The molecule has 2 rings (SSSR count). The van der Waals surface area contributed by atoms with E-state index in [0.29, 0.717) is 5.92 Å². The van der Waals surface area contributed by atoms with Gasteiger partial charge in [-0.15, -0.1) is 21.5 Å². The Morgan fingerprint density at radius 3 is 2.94 bits per heavy atom. The molecule has 1 unspecified atom stereocenters. The molecule has 90 valence electrons. The summed E-state index contributed by atoms with van der Waals surface area (Å²) in [6, 6.07) is 0.798. The Morgan fingerprint density at radius 1 is 1.44 bits per heavy atom. The van der Waals surface area contributed by atoms with Gasteiger partial charge >= 0.3 is 0 Å². The molecule has 1 N–H and O–H groups in total. The fourth-order valence-electron chi connectivity index (χ4n) is 1.79. The van der Waals surface area contributed by atoms with Gasteiger partial charge in [-0.25, -0.2) is 0 Å². The number of rotatable bonds is 7. The second-order valence-corrected chi connectivity index (χ2v) is 5.80. The molecule has 0 aromatic carbocycles. The predicted molar refractivity (Wildman–Crippen MR) is 68.0 cm³/mol. The van der Waals surface area contributed by atoms with Gasteiger partial charge in [0.05, 0.1) is 0 Å². The lowest BCUT2D eigenvalue weighted by atomic mass is 10.1. The van der Waals surface area contributed by atoms with E-state index in [1.807, 2.05) is 0 Å². The van der Waals surface area contributed by atoms with Crippen LogP contribution in [0.2, 0.25) is 0 Å². The normalized spacial score (nSPS) is 17.6. The summed E-state index contributed by atoms with van der Waals surface area (Å²) in [7, 11) is 0. The van der Waals surface area contributed by atoms with Crippen molar-refractivity contribution in [3.05, 3.63) is 10.0 Å². The minimum Gasteiger partial charge on any atom is -0.314 e. The van der Waals surface area contributed by atoms with Gasteiger partial charge in [0.15, 0.2) is 0 Å². The quantitative estimate of drug-likeness (QED) is 0.795. The van der Waals surface area contributed by atoms with Crippen LogP contribution in [0.15, 0.2) is 0 Å². The monoisotopic (exact) mass is 239 g/mol. The molecule has 0 bridgehead atoms. The van der Waals surface area contributed by atoms with Gasteiger partial charge in [-0.05, 0) is 19.3 Å². The Balaban J connectivity index is 1.76. The van der Waals surface area contributed by atoms with Gasteiger partial charge in [-0.1, -0.05) is 20.3 Å². The summed E-state index contributed by atoms with van der Waals surface area (Å²) >= 11 is 1.79. The zero-order chi connectivity index (χ0) is 11.4. The molecule has 0 amide bonds. The summed E-state index contributed by atoms with van der Waals surface area (Å²) in [5.41, 5.74) is 0. The van der Waals surface area contributed by atoms with Crippen molar-refractivity contribution in [1.29, 1.82) is 0 Å². The Labute approximate surface area is 102 Å². The van der Waals surface area contributed by atoms with E-state index < -0.39 is 0 Å². The van der Waals surface area contributed by atoms with Gasteiger partial charge in [-0.3, -0.25) is 0 Å². The number of aromatic nitrogens is 2. The zero-order valence-electron chi connectivity index (χ0n) is 10.2. The first kappa shape index (κ1) is 12.0. The lowest BCUT2D eigenvalue weighted by molar-refractivity contribution is 0.650. The van der Waals surface area contributed by atoms with Crippen LogP contribution in [0, 0.1) is 0 Å². The molecule has 1 aliphatic rings. The van der Waals surface area contributed by atoms with Gasteiger partial charge < -0.3 is 5.32 Å². The van der Waals surface area contributed by atoms with E-state index >= 15 is 0 Å². The van der Waals surface area contributed by atoms with Crippen LogP contribution >= 0.6 is 11.3 Å². The molecule has 1 saturated carbocycles. The standard InChI is InChI=1S/C12H21N3S/c1-3-4-9(2)12-15-14-11(16-12)7-8-13-10-5-6-10/h9-10,13H,3-8H2,1-2H3. The van der Waals surface area contributed by atoms with E-state index in [1.165, 1.54) is 35.7 Å². The van der Waals surface area contributed by atoms with E-state index in [2.05, 4.69) is 29.4 Å². The molecular formula is C12H21N3S. The van der Waals surface area contributed by atoms with Crippen LogP contribution in [0.4, 0.5) is 0 Å². The summed E-state index contributed by atoms with van der Waals surface area (Å²) in [4.78, 5) is 0. The van der Waals surface area contributed by atoms with Crippen molar-refractivity contribution >= 4 is 11.3 Å². The molecule has 4 heteroatoms. The third-order valence-electron chi connectivity index (χ3n) is 2.97. The highest BCUT2D eigenvalue weighted by molar-refractivity contribution is 7.11. The highest BCUT2D eigenvalue weighted by Crippen LogP contribution is 2.24. The highest BCUT2D eigenvalue weighted by atomic mass is 32.1. The third-order valence-corrected chi connectivity index (χ3v) is 4.19. The average Bonchev–Trinajstić information content (AvgIpc) is 2.95. The maximum atomic E-state index is 4.29. The first-order valence-corrected chi connectivity index (χ1v) is 7.17. The molecule has 1 atom stereocenters. The van der Waals surface area contributed by atoms with Crippen LogP contribution in [-0.2, 0) is 6.42 Å². The lowest BCUT2D eigenvalue weighted by Gasteiger charge is -2.03. The zero-order valence-corrected chi connectivity index (χ0v) is 11.0. The van der Waals surface area contributed by atoms with Crippen LogP contribution in [-0.4, -0.2) is 22.8 Å². The lowest BCUT2D eigenvalue weighted by Crippen LogP contribution is -2.19. The minimum atomic E-state index is 0.577. The first-order valence-electron chi connectivity index (χ1n) is 6.35. The largest absolute Gasteiger partial charge is 0.314 e. The molecule has 1 aliphatic carbocycles. The van der Waals surface area contributed by atoms with Gasteiger partial charge in [0.2, 0.25) is 0 Å². The Morgan fingerprint density at radius 2 is 2.25 bits per heavy atom. The third kappa shape index (κ3) is 3.52. The molecule has 1 aromatic heterocycles. The van der Waals surface area contributed by atoms with Crippen molar-refractivity contribution < 1.29 is 0 Å². The van der Waals surface area contributed by atoms with Crippen LogP contribution in [0.25, 0.3) is 0 Å². The van der Waals surface area contributed by atoms with Crippen LogP contribution in [0.1, 0.15) is 55.5 Å². The van der Waals surface area contributed by atoms with E-state index in [9.17, 15) is 0 Å². The topological polar surface area (TPSA) is 37.8 Å². The number of hydrogen-bond acceptors (Lipinski definition) is 4. The van der Waals surface area contributed by atoms with Crippen molar-refractivity contribution in [2.75, 3.05) is 6.54 Å². The molecule has 3 nitrogen and oxygen atoms in total. The smallest absolute Gasteiger partial charge is 0.120 e. The van der Waals surface area contributed by atoms with Crippen LogP contribution < -0.4 is 5.32 Å². The highest BCUT2D eigenvalue weighted by Gasteiger charge is 2.20. The number of nitrogens with zero attached hydrogens (tertiary/aromatic N) is 2. The Hall–Kier alpha value is -0.480. The van der Waals surface area contributed by atoms with Crippen molar-refractivity contribution in [3.8, 4) is 0 Å². The first-order chi connectivity index (χ1) is 7.79. The van der Waals surface area contributed by atoms with Gasteiger partial charge in [0.1, 0.15) is 10.0 Å². The van der Waals surface area contributed by atoms with E-state index in [4.69, 9.17) is 0 Å². The van der Waals surface area contributed by atoms with E-state index in [1.54, 1.807) is 11.3 Å². The fourth-order valence-corrected chi connectivity index (χ4v) is 2.72. The van der Waals surface area contributed by atoms with Gasteiger partial charge in [0, 0.05) is 24.9 Å². The van der Waals surface area contributed by atoms with Crippen molar-refractivity contribution in [2.24, 2.45) is 0 Å². The maximum Gasteiger partial charge on any atom is 0.120 e. The number of hydrogen-bond donors (Lipinski definition) is 1. The predicted octanol–water partition coefficient (Wildman–Crippen LogP) is 2.74. The molecule has 0 radical (unpaired) electrons. The van der Waals surface area contributed by atoms with Gasteiger partial charge in [-0.2, -0.15) is 0 Å². The molecule has 0 aliphatic heterocycles. The van der Waals surface area contributed by atoms with Crippen molar-refractivity contribution in [3.63, 3.8) is 0 Å². The Bertz CT molecular complexity index is 320. The van der Waals surface area contributed by atoms with E-state index in [0.717, 1.165) is 19.0 Å². The molecule has 1 aromatic rings. The molecule has 1 heterocycles. The minimum absolute atomic E-state index is 0.577. The van der Waals surface area contributed by atoms with Crippen LogP contribution in [0.3, 0.4) is 0 Å². The van der Waals surface area contributed by atoms with Crippen LogP contribution in [0.5, 0.6) is 0 Å². The average molecular weight is 239 g/mol. The molecule has 16 heavy (non-hydrogen) atoms. The summed E-state index contributed by atoms with van der Waals surface area (Å²) < 4.78 is 0. The van der Waals surface area contributed by atoms with E-state index in [-0.39, 0.29) is 0 Å². The molecule has 0 spiro atoms. The summed E-state index contributed by atoms with van der Waals surface area (Å²) in [5.74, 6) is 0.577. The Kier molecular flexibility index (Phi) is 4.29. The SMILES string of the molecule is CCCC(C)c1nnc(CCNC2CC2)s1. The summed E-state index contributed by atoms with van der Waals surface area (Å²) in [5, 5.41) is 14.5. The molecule has 0 saturated heterocycles. The number of nitrogens with one attached hydrogen (secondary N) is 1. The fraction of sp³-hybridized carbons (Fsp3) is 0.833. The maximum absolute atomic E-state index is 4.29. The van der Waals surface area contributed by atoms with Crippen molar-refractivity contribution in [1.82, 2.24) is 15.5 Å². The molecular weight excluding hydrogens is 218 g/mol. The summed E-state index contributed by atoms with van der Waals surface area (Å²) in [6.45, 7) is 5.52. The summed E-state index contributed by atoms with van der Waals surface area (Å²) in [6.07, 6.45) is 6.19. The second-order valence-electron chi connectivity index (χ2n) is 4.70. The second kappa shape index (κ2) is 5.73. The van der Waals surface area contributed by atoms with Crippen molar-refractivity contribution in [2.45, 2.75) is 57.9 Å². The van der Waals surface area contributed by atoms with Gasteiger partial charge in [0.25, 0.3) is 0 Å².